The van der Waals surface area contributed by atoms with Crippen LogP contribution in [0.5, 0.6) is 5.75 Å². The summed E-state index contributed by atoms with van der Waals surface area (Å²) < 4.78 is 20.2. The van der Waals surface area contributed by atoms with Crippen LogP contribution in [0.15, 0.2) is 48.0 Å². The molecule has 0 radical (unpaired) electrons. The van der Waals surface area contributed by atoms with E-state index in [1.54, 1.807) is 6.07 Å². The minimum atomic E-state index is -1.13. The summed E-state index contributed by atoms with van der Waals surface area (Å²) in [5, 5.41) is 21.4. The normalized spacial score (nSPS) is 21.0. The number of phenolic OH excluding ortho intramolecular Hbond substituents is 1. The van der Waals surface area contributed by atoms with Crippen LogP contribution in [0.25, 0.3) is 5.76 Å². The maximum absolute atomic E-state index is 14.8. The van der Waals surface area contributed by atoms with Gasteiger partial charge in [0.2, 0.25) is 0 Å². The molecule has 2 aliphatic heterocycles. The fourth-order valence-corrected chi connectivity index (χ4v) is 4.44. The summed E-state index contributed by atoms with van der Waals surface area (Å²) in [5.41, 5.74) is -0.296. The van der Waals surface area contributed by atoms with Gasteiger partial charge in [-0.05, 0) is 30.7 Å². The molecule has 2 heterocycles. The number of ether oxygens (including phenoxy) is 1. The molecule has 174 valence electrons. The van der Waals surface area contributed by atoms with Gasteiger partial charge in [-0.2, -0.15) is 0 Å². The van der Waals surface area contributed by atoms with Crippen LogP contribution in [-0.2, 0) is 14.3 Å². The van der Waals surface area contributed by atoms with Crippen molar-refractivity contribution in [3.63, 3.8) is 0 Å². The number of nitrogens with zero attached hydrogens (tertiary/aromatic N) is 2. The Hall–Kier alpha value is -2.94. The second-order valence-electron chi connectivity index (χ2n) is 7.98. The number of phenols is 1. The van der Waals surface area contributed by atoms with Crippen LogP contribution in [0.3, 0.4) is 0 Å². The summed E-state index contributed by atoms with van der Waals surface area (Å²) in [6.45, 7) is 3.73. The quantitative estimate of drug-likeness (QED) is 0.379. The van der Waals surface area contributed by atoms with E-state index in [0.717, 1.165) is 13.1 Å². The number of amides is 1. The number of rotatable bonds is 6. The fraction of sp³-hybridized carbons (Fsp3) is 0.333. The van der Waals surface area contributed by atoms with Gasteiger partial charge in [-0.25, -0.2) is 4.39 Å². The summed E-state index contributed by atoms with van der Waals surface area (Å²) in [5.74, 6) is -3.29. The first-order chi connectivity index (χ1) is 15.9. The summed E-state index contributed by atoms with van der Waals surface area (Å²) in [4.78, 5) is 29.5. The monoisotopic (exact) mass is 474 g/mol. The molecule has 0 aromatic heterocycles. The second kappa shape index (κ2) is 9.91. The van der Waals surface area contributed by atoms with E-state index in [1.165, 1.54) is 41.3 Å². The second-order valence-corrected chi connectivity index (χ2v) is 8.42. The zero-order valence-corrected chi connectivity index (χ0v) is 18.6. The topological polar surface area (TPSA) is 90.3 Å². The molecule has 9 heteroatoms. The van der Waals surface area contributed by atoms with Gasteiger partial charge in [0.15, 0.2) is 0 Å². The Bertz CT molecular complexity index is 1100. The van der Waals surface area contributed by atoms with E-state index in [2.05, 4.69) is 4.90 Å². The number of morpholine rings is 1. The highest BCUT2D eigenvalue weighted by Crippen LogP contribution is 2.42. The van der Waals surface area contributed by atoms with Crippen molar-refractivity contribution in [3.8, 4) is 5.75 Å². The van der Waals surface area contributed by atoms with Gasteiger partial charge in [0.25, 0.3) is 11.7 Å². The Morgan fingerprint density at radius 1 is 1.12 bits per heavy atom. The highest BCUT2D eigenvalue weighted by atomic mass is 35.5. The Morgan fingerprint density at radius 2 is 1.85 bits per heavy atom. The summed E-state index contributed by atoms with van der Waals surface area (Å²) in [6.07, 6.45) is 0.556. The van der Waals surface area contributed by atoms with Crippen LogP contribution in [-0.4, -0.2) is 71.1 Å². The Morgan fingerprint density at radius 3 is 2.58 bits per heavy atom. The SMILES string of the molecule is O=C1C(=O)N(CCCN2CCOCC2)[C@H](c2ccccc2F)C1=C(O)c1cc(Cl)ccc1O. The smallest absolute Gasteiger partial charge is 0.295 e. The minimum Gasteiger partial charge on any atom is -0.507 e. The Labute approximate surface area is 195 Å². The number of aliphatic hydroxyl groups is 1. The van der Waals surface area contributed by atoms with Crippen molar-refractivity contribution in [3.05, 3.63) is 70.0 Å². The lowest BCUT2D eigenvalue weighted by molar-refractivity contribution is -0.140. The van der Waals surface area contributed by atoms with Crippen molar-refractivity contribution in [2.24, 2.45) is 0 Å². The van der Waals surface area contributed by atoms with E-state index in [9.17, 15) is 24.2 Å². The standard InChI is InChI=1S/C24H24ClFN2O5/c25-15-6-7-19(29)17(14-15)22(30)20-21(16-4-1-2-5-18(16)26)28(24(32)23(20)31)9-3-8-27-10-12-33-13-11-27/h1-2,4-7,14,21,29-30H,3,8-13H2/t21-/m1/s1. The third-order valence-electron chi connectivity index (χ3n) is 5.93. The van der Waals surface area contributed by atoms with Gasteiger partial charge in [-0.3, -0.25) is 14.5 Å². The number of carbonyl (C=O) groups excluding carboxylic acids is 2. The van der Waals surface area contributed by atoms with E-state index in [4.69, 9.17) is 16.3 Å². The molecule has 0 unspecified atom stereocenters. The molecular weight excluding hydrogens is 451 g/mol. The molecule has 2 aromatic carbocycles. The molecule has 2 aliphatic rings. The number of hydrogen-bond donors (Lipinski definition) is 2. The largest absolute Gasteiger partial charge is 0.507 e. The van der Waals surface area contributed by atoms with Crippen molar-refractivity contribution in [1.82, 2.24) is 9.80 Å². The van der Waals surface area contributed by atoms with Gasteiger partial charge in [-0.15, -0.1) is 0 Å². The number of aliphatic hydroxyl groups excluding tert-OH is 1. The van der Waals surface area contributed by atoms with Crippen LogP contribution < -0.4 is 0 Å². The number of ketones is 1. The molecule has 2 N–H and O–H groups in total. The van der Waals surface area contributed by atoms with Crippen molar-refractivity contribution in [1.29, 1.82) is 0 Å². The van der Waals surface area contributed by atoms with Crippen molar-refractivity contribution >= 4 is 29.1 Å². The molecule has 33 heavy (non-hydrogen) atoms. The van der Waals surface area contributed by atoms with Gasteiger partial charge in [0, 0.05) is 36.8 Å². The van der Waals surface area contributed by atoms with Crippen LogP contribution in [0.2, 0.25) is 5.02 Å². The molecule has 2 fully saturated rings. The van der Waals surface area contributed by atoms with Crippen LogP contribution >= 0.6 is 11.6 Å². The fourth-order valence-electron chi connectivity index (χ4n) is 4.26. The number of likely N-dealkylation sites (tertiary alicyclic amines) is 1. The molecule has 0 aliphatic carbocycles. The first kappa shape index (κ1) is 23.2. The zero-order chi connectivity index (χ0) is 23.5. The highest BCUT2D eigenvalue weighted by Gasteiger charge is 2.47. The lowest BCUT2D eigenvalue weighted by atomic mass is 9.94. The first-order valence-corrected chi connectivity index (χ1v) is 11.1. The van der Waals surface area contributed by atoms with E-state index in [1.807, 2.05) is 0 Å². The lowest BCUT2D eigenvalue weighted by Gasteiger charge is -2.29. The molecule has 0 saturated carbocycles. The first-order valence-electron chi connectivity index (χ1n) is 10.7. The third kappa shape index (κ3) is 4.73. The molecular formula is C24H24ClFN2O5. The van der Waals surface area contributed by atoms with Gasteiger partial charge in [0.1, 0.15) is 17.3 Å². The maximum Gasteiger partial charge on any atom is 0.295 e. The number of hydrogen-bond acceptors (Lipinski definition) is 6. The maximum atomic E-state index is 14.8. The molecule has 1 atom stereocenters. The summed E-state index contributed by atoms with van der Waals surface area (Å²) in [7, 11) is 0. The third-order valence-corrected chi connectivity index (χ3v) is 6.17. The summed E-state index contributed by atoms with van der Waals surface area (Å²) in [6, 6.07) is 8.67. The van der Waals surface area contributed by atoms with E-state index < -0.39 is 29.3 Å². The number of carbonyl (C=O) groups is 2. The summed E-state index contributed by atoms with van der Waals surface area (Å²) >= 11 is 6.00. The lowest BCUT2D eigenvalue weighted by Crippen LogP contribution is -2.39. The molecule has 7 nitrogen and oxygen atoms in total. The average molecular weight is 475 g/mol. The van der Waals surface area contributed by atoms with Crippen molar-refractivity contribution in [2.75, 3.05) is 39.4 Å². The predicted molar refractivity (Wildman–Crippen MR) is 120 cm³/mol. The predicted octanol–water partition coefficient (Wildman–Crippen LogP) is 3.33. The molecule has 1 amide bonds. The Balaban J connectivity index is 1.72. The Kier molecular flexibility index (Phi) is 6.97. The van der Waals surface area contributed by atoms with E-state index >= 15 is 0 Å². The number of aromatic hydroxyl groups is 1. The highest BCUT2D eigenvalue weighted by molar-refractivity contribution is 6.46. The molecule has 4 rings (SSSR count). The van der Waals surface area contributed by atoms with Crippen LogP contribution in [0.4, 0.5) is 4.39 Å². The molecule has 2 saturated heterocycles. The van der Waals surface area contributed by atoms with Gasteiger partial charge in [-0.1, -0.05) is 29.8 Å². The molecule has 2 aromatic rings. The van der Waals surface area contributed by atoms with Gasteiger partial charge >= 0.3 is 0 Å². The van der Waals surface area contributed by atoms with Crippen molar-refractivity contribution in [2.45, 2.75) is 12.5 Å². The molecule has 0 bridgehead atoms. The number of benzene rings is 2. The molecule has 0 spiro atoms. The van der Waals surface area contributed by atoms with Crippen molar-refractivity contribution < 1.29 is 28.9 Å². The minimum absolute atomic E-state index is 0.0890. The average Bonchev–Trinajstić information content (AvgIpc) is 3.06. The number of halogens is 2. The zero-order valence-electron chi connectivity index (χ0n) is 17.8. The van der Waals surface area contributed by atoms with E-state index in [0.29, 0.717) is 26.2 Å². The van der Waals surface area contributed by atoms with Crippen LogP contribution in [0.1, 0.15) is 23.6 Å². The number of Topliss-reactive ketones (excluding diaryl/α,β-unsaturated/α-hetero) is 1. The van der Waals surface area contributed by atoms with Crippen LogP contribution in [0, 0.1) is 5.82 Å². The van der Waals surface area contributed by atoms with E-state index in [-0.39, 0.29) is 34.0 Å². The van der Waals surface area contributed by atoms with Gasteiger partial charge in [0.05, 0.1) is 30.4 Å². The van der Waals surface area contributed by atoms with Gasteiger partial charge < -0.3 is 19.8 Å².